The number of hydrogen-bond donors (Lipinski definition) is 2. The first-order chi connectivity index (χ1) is 8.54. The van der Waals surface area contributed by atoms with Crippen molar-refractivity contribution in [2.75, 3.05) is 0 Å². The van der Waals surface area contributed by atoms with E-state index in [0.29, 0.717) is 0 Å². The number of thiophene rings is 1. The highest BCUT2D eigenvalue weighted by atomic mass is 35.5. The third-order valence-electron chi connectivity index (χ3n) is 2.73. The van der Waals surface area contributed by atoms with Crippen molar-refractivity contribution in [3.05, 3.63) is 56.2 Å². The molecule has 0 aliphatic rings. The maximum atomic E-state index is 13.8. The van der Waals surface area contributed by atoms with E-state index in [9.17, 15) is 8.78 Å². The average molecular weight is 289 g/mol. The molecule has 0 amide bonds. The maximum Gasteiger partial charge on any atom is 0.142 e. The normalized spacial score (nSPS) is 12.7. The Hall–Kier alpha value is -1.01. The van der Waals surface area contributed by atoms with Gasteiger partial charge in [0.2, 0.25) is 0 Å². The molecule has 0 saturated carbocycles. The molecule has 2 aromatic rings. The Bertz CT molecular complexity index is 571. The van der Waals surface area contributed by atoms with Crippen LogP contribution in [-0.2, 0) is 0 Å². The van der Waals surface area contributed by atoms with E-state index in [0.717, 1.165) is 22.6 Å². The molecule has 1 aromatic heterocycles. The van der Waals surface area contributed by atoms with Gasteiger partial charge < -0.3 is 0 Å². The van der Waals surface area contributed by atoms with Crippen molar-refractivity contribution >= 4 is 22.9 Å². The predicted octanol–water partition coefficient (Wildman–Crippen LogP) is 3.54. The van der Waals surface area contributed by atoms with Crippen LogP contribution in [-0.4, -0.2) is 0 Å². The summed E-state index contributed by atoms with van der Waals surface area (Å²) in [6.07, 6.45) is 0. The van der Waals surface area contributed by atoms with E-state index >= 15 is 0 Å². The molecule has 1 atom stereocenters. The summed E-state index contributed by atoms with van der Waals surface area (Å²) < 4.78 is 27.3. The highest BCUT2D eigenvalue weighted by Crippen LogP contribution is 2.31. The summed E-state index contributed by atoms with van der Waals surface area (Å²) >= 11 is 7.04. The fourth-order valence-electron chi connectivity index (χ4n) is 1.80. The molecule has 0 aliphatic heterocycles. The van der Waals surface area contributed by atoms with Gasteiger partial charge in [-0.25, -0.2) is 14.2 Å². The van der Waals surface area contributed by atoms with Crippen LogP contribution in [0.25, 0.3) is 0 Å². The first-order valence-corrected chi connectivity index (χ1v) is 6.45. The van der Waals surface area contributed by atoms with Gasteiger partial charge in [0.25, 0.3) is 0 Å². The maximum absolute atomic E-state index is 13.8. The van der Waals surface area contributed by atoms with Gasteiger partial charge in [0.15, 0.2) is 0 Å². The minimum Gasteiger partial charge on any atom is -0.271 e. The Morgan fingerprint density at radius 2 is 2.00 bits per heavy atom. The van der Waals surface area contributed by atoms with Gasteiger partial charge in [-0.05, 0) is 36.1 Å². The van der Waals surface area contributed by atoms with E-state index in [-0.39, 0.29) is 10.6 Å². The van der Waals surface area contributed by atoms with Crippen LogP contribution in [0.4, 0.5) is 8.78 Å². The van der Waals surface area contributed by atoms with Crippen LogP contribution in [0.15, 0.2) is 23.6 Å². The third-order valence-corrected chi connectivity index (χ3v) is 3.88. The van der Waals surface area contributed by atoms with Gasteiger partial charge in [0.1, 0.15) is 11.6 Å². The van der Waals surface area contributed by atoms with E-state index in [4.69, 9.17) is 17.4 Å². The molecule has 2 nitrogen and oxygen atoms in total. The zero-order valence-electron chi connectivity index (χ0n) is 9.51. The molecule has 1 unspecified atom stereocenters. The molecule has 6 heteroatoms. The fraction of sp³-hybridized carbons (Fsp3) is 0.167. The quantitative estimate of drug-likeness (QED) is 0.515. The van der Waals surface area contributed by atoms with Gasteiger partial charge in [-0.15, -0.1) is 11.3 Å². The van der Waals surface area contributed by atoms with Gasteiger partial charge in [-0.1, -0.05) is 11.6 Å². The molecule has 0 bridgehead atoms. The lowest BCUT2D eigenvalue weighted by atomic mass is 9.99. The SMILES string of the molecule is Cc1sccc1C(NN)c1cc(F)c(Cl)cc1F. The molecule has 0 spiro atoms. The lowest BCUT2D eigenvalue weighted by Gasteiger charge is -2.17. The Labute approximate surface area is 112 Å². The second kappa shape index (κ2) is 5.32. The summed E-state index contributed by atoms with van der Waals surface area (Å²) in [5.74, 6) is 4.20. The number of hydrogen-bond acceptors (Lipinski definition) is 3. The van der Waals surface area contributed by atoms with E-state index in [2.05, 4.69) is 5.43 Å². The summed E-state index contributed by atoms with van der Waals surface area (Å²) in [6, 6.07) is 3.26. The van der Waals surface area contributed by atoms with Crippen molar-refractivity contribution in [2.45, 2.75) is 13.0 Å². The second-order valence-electron chi connectivity index (χ2n) is 3.82. The van der Waals surface area contributed by atoms with Crippen molar-refractivity contribution in [3.8, 4) is 0 Å². The van der Waals surface area contributed by atoms with E-state index in [1.54, 1.807) is 0 Å². The molecular weight excluding hydrogens is 278 g/mol. The number of hydrazine groups is 1. The summed E-state index contributed by atoms with van der Waals surface area (Å²) in [5.41, 5.74) is 3.47. The third kappa shape index (κ3) is 2.40. The van der Waals surface area contributed by atoms with Crippen LogP contribution in [0.1, 0.15) is 22.0 Å². The lowest BCUT2D eigenvalue weighted by molar-refractivity contribution is 0.545. The number of rotatable bonds is 3. The van der Waals surface area contributed by atoms with Crippen LogP contribution in [0, 0.1) is 18.6 Å². The molecule has 18 heavy (non-hydrogen) atoms. The van der Waals surface area contributed by atoms with Crippen LogP contribution in [0.2, 0.25) is 5.02 Å². The summed E-state index contributed by atoms with van der Waals surface area (Å²) in [4.78, 5) is 0.993. The molecule has 0 aliphatic carbocycles. The molecule has 3 N–H and O–H groups in total. The summed E-state index contributed by atoms with van der Waals surface area (Å²) in [6.45, 7) is 1.90. The molecule has 1 aromatic carbocycles. The first kappa shape index (κ1) is 13.4. The van der Waals surface area contributed by atoms with Gasteiger partial charge in [-0.2, -0.15) is 0 Å². The molecule has 0 saturated heterocycles. The molecule has 96 valence electrons. The van der Waals surface area contributed by atoms with E-state index in [1.165, 1.54) is 11.3 Å². The zero-order valence-corrected chi connectivity index (χ0v) is 11.1. The van der Waals surface area contributed by atoms with Crippen molar-refractivity contribution in [1.82, 2.24) is 5.43 Å². The molecule has 1 heterocycles. The highest BCUT2D eigenvalue weighted by molar-refractivity contribution is 7.10. The Balaban J connectivity index is 2.52. The standard InChI is InChI=1S/C12H11ClF2N2S/c1-6-7(2-3-18-6)12(17-16)8-4-11(15)9(13)5-10(8)14/h2-5,12,17H,16H2,1H3. The smallest absolute Gasteiger partial charge is 0.142 e. The fourth-order valence-corrected chi connectivity index (χ4v) is 2.69. The number of nitrogens with two attached hydrogens (primary N) is 1. The number of benzene rings is 1. The molecule has 0 fully saturated rings. The first-order valence-electron chi connectivity index (χ1n) is 5.19. The van der Waals surface area contributed by atoms with Crippen molar-refractivity contribution in [1.29, 1.82) is 0 Å². The Kier molecular flexibility index (Phi) is 3.97. The number of aryl methyl sites for hydroxylation is 1. The molecule has 2 rings (SSSR count). The lowest BCUT2D eigenvalue weighted by Crippen LogP contribution is -2.29. The monoisotopic (exact) mass is 288 g/mol. The predicted molar refractivity (Wildman–Crippen MR) is 69.6 cm³/mol. The van der Waals surface area contributed by atoms with E-state index in [1.807, 2.05) is 18.4 Å². The van der Waals surface area contributed by atoms with E-state index < -0.39 is 17.7 Å². The molecular formula is C12H11ClF2N2S. The van der Waals surface area contributed by atoms with Crippen LogP contribution in [0.5, 0.6) is 0 Å². The second-order valence-corrected chi connectivity index (χ2v) is 5.35. The minimum atomic E-state index is -0.666. The van der Waals surface area contributed by atoms with Gasteiger partial charge >= 0.3 is 0 Å². The van der Waals surface area contributed by atoms with Crippen LogP contribution < -0.4 is 11.3 Å². The molecule has 0 radical (unpaired) electrons. The van der Waals surface area contributed by atoms with Crippen LogP contribution in [0.3, 0.4) is 0 Å². The number of halogens is 3. The minimum absolute atomic E-state index is 0.140. The van der Waals surface area contributed by atoms with Gasteiger partial charge in [-0.3, -0.25) is 5.84 Å². The van der Waals surface area contributed by atoms with Gasteiger partial charge in [0, 0.05) is 10.4 Å². The average Bonchev–Trinajstić information content (AvgIpc) is 2.73. The topological polar surface area (TPSA) is 38.0 Å². The zero-order chi connectivity index (χ0) is 13.3. The van der Waals surface area contributed by atoms with Crippen molar-refractivity contribution in [3.63, 3.8) is 0 Å². The van der Waals surface area contributed by atoms with Crippen LogP contribution >= 0.6 is 22.9 Å². The summed E-state index contributed by atoms with van der Waals surface area (Å²) in [7, 11) is 0. The highest BCUT2D eigenvalue weighted by Gasteiger charge is 2.21. The van der Waals surface area contributed by atoms with Gasteiger partial charge in [0.05, 0.1) is 11.1 Å². The number of nitrogens with one attached hydrogen (secondary N) is 1. The largest absolute Gasteiger partial charge is 0.271 e. The Morgan fingerprint density at radius 1 is 1.28 bits per heavy atom. The Morgan fingerprint density at radius 3 is 2.56 bits per heavy atom. The van der Waals surface area contributed by atoms with Crippen molar-refractivity contribution < 1.29 is 8.78 Å². The summed E-state index contributed by atoms with van der Waals surface area (Å²) in [5, 5.41) is 1.63. The van der Waals surface area contributed by atoms with Crippen molar-refractivity contribution in [2.24, 2.45) is 5.84 Å².